The Kier molecular flexibility index (Phi) is 8.23. The van der Waals surface area contributed by atoms with E-state index in [2.05, 4.69) is 241 Å². The molecule has 14 rings (SSSR count). The molecule has 2 aliphatic carbocycles. The number of furan rings is 1. The first kappa shape index (κ1) is 37.6. The minimum Gasteiger partial charge on any atom is -0.455 e. The fraction of sp³-hybridized carbons (Fsp3) is 0.0154. The van der Waals surface area contributed by atoms with Gasteiger partial charge in [0, 0.05) is 33.4 Å². The number of anilines is 3. The number of hydrogen-bond donors (Lipinski definition) is 0. The molecule has 2 nitrogen and oxygen atoms in total. The zero-order chi connectivity index (χ0) is 44.1. The van der Waals surface area contributed by atoms with Crippen molar-refractivity contribution in [2.75, 3.05) is 4.90 Å². The van der Waals surface area contributed by atoms with Crippen LogP contribution in [0.2, 0.25) is 0 Å². The van der Waals surface area contributed by atoms with Crippen LogP contribution in [0.25, 0.3) is 88.3 Å². The van der Waals surface area contributed by atoms with E-state index in [4.69, 9.17) is 4.42 Å². The molecule has 0 aliphatic heterocycles. The van der Waals surface area contributed by atoms with Crippen LogP contribution < -0.4 is 4.90 Å². The van der Waals surface area contributed by atoms with Gasteiger partial charge in [-0.1, -0.05) is 206 Å². The highest BCUT2D eigenvalue weighted by Gasteiger charge is 2.52. The molecule has 2 aliphatic rings. The Hall–Kier alpha value is -8.72. The van der Waals surface area contributed by atoms with E-state index < -0.39 is 5.41 Å². The molecule has 0 N–H and O–H groups in total. The molecule has 2 heteroatoms. The normalized spacial score (nSPS) is 12.9. The summed E-state index contributed by atoms with van der Waals surface area (Å²) in [6, 6.07) is 91.2. The van der Waals surface area contributed by atoms with Gasteiger partial charge in [-0.2, -0.15) is 0 Å². The molecule has 0 saturated heterocycles. The molecule has 0 radical (unpaired) electrons. The third-order valence-electron chi connectivity index (χ3n) is 14.5. The minimum atomic E-state index is -0.430. The molecule has 0 fully saturated rings. The number of hydrogen-bond acceptors (Lipinski definition) is 2. The highest BCUT2D eigenvalue weighted by atomic mass is 16.3. The van der Waals surface area contributed by atoms with E-state index in [1.807, 2.05) is 12.1 Å². The van der Waals surface area contributed by atoms with Gasteiger partial charge >= 0.3 is 0 Å². The van der Waals surface area contributed by atoms with Crippen LogP contribution in [0.3, 0.4) is 0 Å². The Morgan fingerprint density at radius 3 is 1.33 bits per heavy atom. The molecule has 67 heavy (non-hydrogen) atoms. The van der Waals surface area contributed by atoms with E-state index in [-0.39, 0.29) is 0 Å². The molecular formula is C65H41NO. The number of fused-ring (bicyclic) bond motifs is 14. The third-order valence-corrected chi connectivity index (χ3v) is 14.5. The van der Waals surface area contributed by atoms with E-state index in [1.165, 1.54) is 77.5 Å². The zero-order valence-electron chi connectivity index (χ0n) is 36.5. The van der Waals surface area contributed by atoms with Crippen LogP contribution in [0.1, 0.15) is 22.3 Å². The topological polar surface area (TPSA) is 16.4 Å². The number of para-hydroxylation sites is 2. The summed E-state index contributed by atoms with van der Waals surface area (Å²) in [4.78, 5) is 2.37. The van der Waals surface area contributed by atoms with Crippen LogP contribution in [0.15, 0.2) is 253 Å². The predicted molar refractivity (Wildman–Crippen MR) is 279 cm³/mol. The van der Waals surface area contributed by atoms with Gasteiger partial charge in [-0.25, -0.2) is 0 Å². The van der Waals surface area contributed by atoms with Gasteiger partial charge in [0.25, 0.3) is 0 Å². The van der Waals surface area contributed by atoms with Gasteiger partial charge in [-0.05, 0) is 126 Å². The van der Waals surface area contributed by atoms with Gasteiger partial charge in [-0.15, -0.1) is 0 Å². The van der Waals surface area contributed by atoms with Crippen molar-refractivity contribution in [1.82, 2.24) is 0 Å². The van der Waals surface area contributed by atoms with Crippen LogP contribution in [0.5, 0.6) is 0 Å². The molecule has 12 aromatic rings. The van der Waals surface area contributed by atoms with Crippen molar-refractivity contribution in [3.63, 3.8) is 0 Å². The maximum atomic E-state index is 6.48. The van der Waals surface area contributed by atoms with Crippen LogP contribution >= 0.6 is 0 Å². The van der Waals surface area contributed by atoms with Crippen LogP contribution in [0.4, 0.5) is 17.1 Å². The first-order chi connectivity index (χ1) is 33.2. The summed E-state index contributed by atoms with van der Waals surface area (Å²) < 4.78 is 6.48. The highest BCUT2D eigenvalue weighted by Crippen LogP contribution is 2.64. The molecule has 312 valence electrons. The number of nitrogens with zero attached hydrogens (tertiary/aromatic N) is 1. The quantitative estimate of drug-likeness (QED) is 0.166. The number of benzene rings is 11. The molecule has 1 spiro atoms. The summed E-state index contributed by atoms with van der Waals surface area (Å²) in [6.45, 7) is 0. The SMILES string of the molecule is c1ccc2c(c1)-c1ccccc1C21c2ccccc2-c2cccc(-c3ccc(N(c4ccc(-c5cccc6ccccc56)cc4)c4ccc(-c5cccc6c5oc5ccccc56)cc4)cc3)c21. The second-order valence-electron chi connectivity index (χ2n) is 17.9. The monoisotopic (exact) mass is 851 g/mol. The van der Waals surface area contributed by atoms with Crippen molar-refractivity contribution in [3.05, 3.63) is 271 Å². The Labute approximate surface area is 389 Å². The fourth-order valence-electron chi connectivity index (χ4n) is 11.7. The van der Waals surface area contributed by atoms with Crippen molar-refractivity contribution in [1.29, 1.82) is 0 Å². The van der Waals surface area contributed by atoms with E-state index >= 15 is 0 Å². The van der Waals surface area contributed by atoms with Crippen LogP contribution in [0, 0.1) is 0 Å². The molecule has 0 atom stereocenters. The average molecular weight is 852 g/mol. The summed E-state index contributed by atoms with van der Waals surface area (Å²) >= 11 is 0. The summed E-state index contributed by atoms with van der Waals surface area (Å²) in [6.07, 6.45) is 0. The van der Waals surface area contributed by atoms with Crippen molar-refractivity contribution < 1.29 is 4.42 Å². The second kappa shape index (κ2) is 14.7. The molecule has 1 heterocycles. The minimum absolute atomic E-state index is 0.430. The fourth-order valence-corrected chi connectivity index (χ4v) is 11.7. The largest absolute Gasteiger partial charge is 0.455 e. The lowest BCUT2D eigenvalue weighted by Gasteiger charge is -2.32. The van der Waals surface area contributed by atoms with Crippen LogP contribution in [-0.2, 0) is 5.41 Å². The Morgan fingerprint density at radius 1 is 0.284 bits per heavy atom. The van der Waals surface area contributed by atoms with Crippen molar-refractivity contribution in [2.45, 2.75) is 5.41 Å². The van der Waals surface area contributed by atoms with Crippen LogP contribution in [-0.4, -0.2) is 0 Å². The lowest BCUT2D eigenvalue weighted by atomic mass is 9.68. The highest BCUT2D eigenvalue weighted by molar-refractivity contribution is 6.09. The molecule has 0 bridgehead atoms. The van der Waals surface area contributed by atoms with Crippen molar-refractivity contribution >= 4 is 49.8 Å². The smallest absolute Gasteiger partial charge is 0.143 e. The maximum Gasteiger partial charge on any atom is 0.143 e. The summed E-state index contributed by atoms with van der Waals surface area (Å²) in [7, 11) is 0. The van der Waals surface area contributed by atoms with Gasteiger partial charge in [0.15, 0.2) is 0 Å². The van der Waals surface area contributed by atoms with Gasteiger partial charge in [0.2, 0.25) is 0 Å². The summed E-state index contributed by atoms with van der Waals surface area (Å²) in [5.74, 6) is 0. The average Bonchev–Trinajstić information content (AvgIpc) is 4.04. The Morgan fingerprint density at radius 2 is 0.687 bits per heavy atom. The second-order valence-corrected chi connectivity index (χ2v) is 17.9. The van der Waals surface area contributed by atoms with Gasteiger partial charge in [-0.3, -0.25) is 0 Å². The maximum absolute atomic E-state index is 6.48. The van der Waals surface area contributed by atoms with E-state index in [0.29, 0.717) is 0 Å². The first-order valence-corrected chi connectivity index (χ1v) is 23.2. The summed E-state index contributed by atoms with van der Waals surface area (Å²) in [5, 5.41) is 4.76. The van der Waals surface area contributed by atoms with E-state index in [1.54, 1.807) is 0 Å². The molecular weight excluding hydrogens is 811 g/mol. The predicted octanol–water partition coefficient (Wildman–Crippen LogP) is 17.6. The summed E-state index contributed by atoms with van der Waals surface area (Å²) in [5.41, 5.74) is 22.3. The molecule has 1 aromatic heterocycles. The lowest BCUT2D eigenvalue weighted by Crippen LogP contribution is -2.26. The van der Waals surface area contributed by atoms with E-state index in [9.17, 15) is 0 Å². The number of rotatable bonds is 6. The van der Waals surface area contributed by atoms with Gasteiger partial charge < -0.3 is 9.32 Å². The van der Waals surface area contributed by atoms with Gasteiger partial charge in [0.1, 0.15) is 11.2 Å². The van der Waals surface area contributed by atoms with Crippen molar-refractivity contribution in [2.24, 2.45) is 0 Å². The Bertz CT molecular complexity index is 3840. The zero-order valence-corrected chi connectivity index (χ0v) is 36.5. The Balaban J connectivity index is 0.904. The first-order valence-electron chi connectivity index (χ1n) is 23.2. The molecule has 0 amide bonds. The third kappa shape index (κ3) is 5.51. The lowest BCUT2D eigenvalue weighted by molar-refractivity contribution is 0.670. The van der Waals surface area contributed by atoms with E-state index in [0.717, 1.165) is 50.1 Å². The van der Waals surface area contributed by atoms with Gasteiger partial charge in [0.05, 0.1) is 5.41 Å². The molecule has 0 saturated carbocycles. The van der Waals surface area contributed by atoms with Crippen molar-refractivity contribution in [3.8, 4) is 55.6 Å². The standard InChI is InChI=1S/C65H41NO/c1-2-16-49-42(14-1)15-11-21-50(49)43-30-36-46(37-31-43)66(48-40-34-45(35-41-48)52-23-13-25-58-56-20-6-10-29-62(56)67-64(52)58)47-38-32-44(33-39-47)51-22-12-24-57-55-19-5-9-28-61(55)65(63(51)57)59-26-7-3-17-53(59)54-18-4-8-27-60(54)65/h1-41H. The molecule has 11 aromatic carbocycles. The molecule has 0 unspecified atom stereocenters.